The third-order valence-corrected chi connectivity index (χ3v) is 5.65. The summed E-state index contributed by atoms with van der Waals surface area (Å²) in [6, 6.07) is 9.39. The minimum Gasteiger partial charge on any atom is -0.334 e. The molecule has 2 aromatic rings. The second kappa shape index (κ2) is 7.69. The molecule has 0 radical (unpaired) electrons. The van der Waals surface area contributed by atoms with Crippen LogP contribution in [0.4, 0.5) is 0 Å². The molecule has 2 aliphatic rings. The predicted octanol–water partition coefficient (Wildman–Crippen LogP) is 4.87. The maximum atomic E-state index is 5.52. The Bertz CT molecular complexity index is 708. The van der Waals surface area contributed by atoms with Gasteiger partial charge in [0.2, 0.25) is 0 Å². The van der Waals surface area contributed by atoms with E-state index in [1.165, 1.54) is 44.3 Å². The van der Waals surface area contributed by atoms with Gasteiger partial charge < -0.3 is 9.42 Å². The second-order valence-electron chi connectivity index (χ2n) is 8.76. The maximum Gasteiger partial charge on any atom is 0.257 e. The molecule has 26 heavy (non-hydrogen) atoms. The maximum absolute atomic E-state index is 5.52. The van der Waals surface area contributed by atoms with Gasteiger partial charge in [-0.25, -0.2) is 0 Å². The van der Waals surface area contributed by atoms with Crippen molar-refractivity contribution in [3.63, 3.8) is 0 Å². The number of rotatable bonds is 4. The van der Waals surface area contributed by atoms with Gasteiger partial charge in [-0.2, -0.15) is 4.98 Å². The quantitative estimate of drug-likeness (QED) is 0.764. The van der Waals surface area contributed by atoms with Crippen LogP contribution < -0.4 is 0 Å². The summed E-state index contributed by atoms with van der Waals surface area (Å²) in [5.41, 5.74) is 2.49. The van der Waals surface area contributed by atoms with Gasteiger partial charge in [0.15, 0.2) is 5.82 Å². The molecule has 4 nitrogen and oxygen atoms in total. The molecule has 0 N–H and O–H groups in total. The number of hydrogen-bond acceptors (Lipinski definition) is 4. The fourth-order valence-electron chi connectivity index (χ4n) is 3.79. The summed E-state index contributed by atoms with van der Waals surface area (Å²) in [5, 5.41) is 4.22. The van der Waals surface area contributed by atoms with Crippen LogP contribution in [0.25, 0.3) is 11.5 Å². The van der Waals surface area contributed by atoms with Crippen LogP contribution >= 0.6 is 12.4 Å². The normalized spacial score (nSPS) is 19.3. The molecular formula is C21H30ClN3O. The molecule has 1 saturated heterocycles. The Morgan fingerprint density at radius 1 is 1.04 bits per heavy atom. The highest BCUT2D eigenvalue weighted by molar-refractivity contribution is 5.85. The van der Waals surface area contributed by atoms with Crippen molar-refractivity contribution >= 4 is 12.4 Å². The van der Waals surface area contributed by atoms with Gasteiger partial charge in [0, 0.05) is 18.0 Å². The lowest BCUT2D eigenvalue weighted by atomic mass is 9.87. The minimum atomic E-state index is 0. The first kappa shape index (κ1) is 19.4. The molecule has 1 aliphatic heterocycles. The first-order valence-corrected chi connectivity index (χ1v) is 9.66. The van der Waals surface area contributed by atoms with E-state index in [4.69, 9.17) is 4.52 Å². The number of likely N-dealkylation sites (tertiary alicyclic amines) is 1. The molecule has 1 aromatic heterocycles. The SMILES string of the molecule is CC(C)(C)c1ccc(-c2nc(CC3CCN(C4CC4)CC3)no2)cc1.Cl. The Morgan fingerprint density at radius 3 is 2.27 bits per heavy atom. The lowest BCUT2D eigenvalue weighted by molar-refractivity contribution is 0.174. The zero-order valence-corrected chi connectivity index (χ0v) is 16.9. The predicted molar refractivity (Wildman–Crippen MR) is 107 cm³/mol. The molecule has 1 saturated carbocycles. The van der Waals surface area contributed by atoms with Crippen LogP contribution in [0.2, 0.25) is 0 Å². The summed E-state index contributed by atoms with van der Waals surface area (Å²) < 4.78 is 5.52. The largest absolute Gasteiger partial charge is 0.334 e. The standard InChI is InChI=1S/C21H29N3O.ClH/c1-21(2,3)17-6-4-16(5-7-17)20-22-19(23-25-20)14-15-10-12-24(13-11-15)18-8-9-18;/h4-7,15,18H,8-14H2,1-3H3;1H. The smallest absolute Gasteiger partial charge is 0.257 e. The number of piperidine rings is 1. The van der Waals surface area contributed by atoms with Gasteiger partial charge in [-0.05, 0) is 67.8 Å². The van der Waals surface area contributed by atoms with Gasteiger partial charge in [-0.15, -0.1) is 12.4 Å². The van der Waals surface area contributed by atoms with E-state index in [0.29, 0.717) is 11.8 Å². The van der Waals surface area contributed by atoms with Gasteiger partial charge >= 0.3 is 0 Å². The van der Waals surface area contributed by atoms with Crippen LogP contribution in [0.15, 0.2) is 28.8 Å². The lowest BCUT2D eigenvalue weighted by Gasteiger charge is -2.31. The summed E-state index contributed by atoms with van der Waals surface area (Å²) in [5.74, 6) is 2.20. The van der Waals surface area contributed by atoms with Crippen molar-refractivity contribution in [2.45, 2.75) is 64.3 Å². The molecule has 4 rings (SSSR count). The molecule has 1 aromatic carbocycles. The fraction of sp³-hybridized carbons (Fsp3) is 0.619. The first-order valence-electron chi connectivity index (χ1n) is 9.66. The molecule has 2 fully saturated rings. The van der Waals surface area contributed by atoms with Crippen molar-refractivity contribution < 1.29 is 4.52 Å². The minimum absolute atomic E-state index is 0. The third-order valence-electron chi connectivity index (χ3n) is 5.65. The molecule has 0 amide bonds. The zero-order chi connectivity index (χ0) is 17.4. The highest BCUT2D eigenvalue weighted by Gasteiger charge is 2.32. The lowest BCUT2D eigenvalue weighted by Crippen LogP contribution is -2.35. The first-order chi connectivity index (χ1) is 12.0. The zero-order valence-electron chi connectivity index (χ0n) is 16.1. The Hall–Kier alpha value is -1.39. The van der Waals surface area contributed by atoms with Crippen molar-refractivity contribution in [1.82, 2.24) is 15.0 Å². The van der Waals surface area contributed by atoms with E-state index < -0.39 is 0 Å². The molecule has 0 spiro atoms. The number of benzene rings is 1. The van der Waals surface area contributed by atoms with E-state index in [0.717, 1.165) is 23.9 Å². The van der Waals surface area contributed by atoms with Crippen molar-refractivity contribution in [1.29, 1.82) is 0 Å². The van der Waals surface area contributed by atoms with Crippen LogP contribution in [0.5, 0.6) is 0 Å². The average Bonchev–Trinajstić information content (AvgIpc) is 3.34. The molecule has 142 valence electrons. The van der Waals surface area contributed by atoms with Crippen LogP contribution in [-0.2, 0) is 11.8 Å². The summed E-state index contributed by atoms with van der Waals surface area (Å²) in [7, 11) is 0. The van der Waals surface area contributed by atoms with E-state index in [9.17, 15) is 0 Å². The van der Waals surface area contributed by atoms with Crippen molar-refractivity contribution in [2.75, 3.05) is 13.1 Å². The average molecular weight is 376 g/mol. The highest BCUT2D eigenvalue weighted by atomic mass is 35.5. The Kier molecular flexibility index (Phi) is 5.73. The van der Waals surface area contributed by atoms with E-state index in [-0.39, 0.29) is 17.8 Å². The van der Waals surface area contributed by atoms with Gasteiger partial charge in [-0.1, -0.05) is 38.1 Å². The van der Waals surface area contributed by atoms with E-state index >= 15 is 0 Å². The van der Waals surface area contributed by atoms with Crippen molar-refractivity contribution in [3.05, 3.63) is 35.7 Å². The van der Waals surface area contributed by atoms with E-state index in [2.05, 4.69) is 60.1 Å². The summed E-state index contributed by atoms with van der Waals surface area (Å²) in [4.78, 5) is 7.30. The molecule has 1 aliphatic carbocycles. The van der Waals surface area contributed by atoms with Crippen LogP contribution in [0, 0.1) is 5.92 Å². The Balaban J connectivity index is 0.00000196. The van der Waals surface area contributed by atoms with Gasteiger partial charge in [0.1, 0.15) is 0 Å². The van der Waals surface area contributed by atoms with Gasteiger partial charge in [-0.3, -0.25) is 0 Å². The van der Waals surface area contributed by atoms with Crippen LogP contribution in [0.1, 0.15) is 57.8 Å². The third kappa shape index (κ3) is 4.47. The van der Waals surface area contributed by atoms with E-state index in [1.807, 2.05) is 0 Å². The van der Waals surface area contributed by atoms with Gasteiger partial charge in [0.25, 0.3) is 5.89 Å². The number of halogens is 1. The number of aromatic nitrogens is 2. The van der Waals surface area contributed by atoms with Gasteiger partial charge in [0.05, 0.1) is 0 Å². The van der Waals surface area contributed by atoms with Crippen molar-refractivity contribution in [2.24, 2.45) is 5.92 Å². The molecule has 2 heterocycles. The molecular weight excluding hydrogens is 346 g/mol. The van der Waals surface area contributed by atoms with Crippen LogP contribution in [0.3, 0.4) is 0 Å². The summed E-state index contributed by atoms with van der Waals surface area (Å²) >= 11 is 0. The summed E-state index contributed by atoms with van der Waals surface area (Å²) in [6.45, 7) is 9.16. The molecule has 5 heteroatoms. The molecule has 0 bridgehead atoms. The highest BCUT2D eigenvalue weighted by Crippen LogP contribution is 2.32. The molecule has 0 atom stereocenters. The second-order valence-corrected chi connectivity index (χ2v) is 8.76. The Labute approximate surface area is 162 Å². The number of hydrogen-bond donors (Lipinski definition) is 0. The molecule has 0 unspecified atom stereocenters. The Morgan fingerprint density at radius 2 is 1.69 bits per heavy atom. The topological polar surface area (TPSA) is 42.2 Å². The van der Waals surface area contributed by atoms with Crippen LogP contribution in [-0.4, -0.2) is 34.2 Å². The van der Waals surface area contributed by atoms with E-state index in [1.54, 1.807) is 0 Å². The fourth-order valence-corrected chi connectivity index (χ4v) is 3.79. The number of nitrogens with zero attached hydrogens (tertiary/aromatic N) is 3. The van der Waals surface area contributed by atoms with Crippen molar-refractivity contribution in [3.8, 4) is 11.5 Å². The monoisotopic (exact) mass is 375 g/mol. The summed E-state index contributed by atoms with van der Waals surface area (Å²) in [6.07, 6.45) is 6.29.